The Morgan fingerprint density at radius 3 is 2.62 bits per heavy atom. The van der Waals surface area contributed by atoms with Crippen LogP contribution < -0.4 is 5.32 Å². The van der Waals surface area contributed by atoms with Gasteiger partial charge in [-0.1, -0.05) is 6.92 Å². The van der Waals surface area contributed by atoms with Crippen molar-refractivity contribution < 1.29 is 0 Å². The van der Waals surface area contributed by atoms with Crippen molar-refractivity contribution in [3.8, 4) is 0 Å². The maximum Gasteiger partial charge on any atom is 0.0405 e. The van der Waals surface area contributed by atoms with Crippen LogP contribution in [0.25, 0.3) is 0 Å². The fourth-order valence-corrected chi connectivity index (χ4v) is 0.816. The first kappa shape index (κ1) is 5.42. The van der Waals surface area contributed by atoms with E-state index in [1.54, 1.807) is 0 Å². The van der Waals surface area contributed by atoms with Gasteiger partial charge in [0.05, 0.1) is 0 Å². The molecule has 1 heteroatoms. The average Bonchev–Trinajstić information content (AvgIpc) is 2.14. The lowest BCUT2D eigenvalue weighted by atomic mass is 10.2. The molecule has 0 saturated heterocycles. The van der Waals surface area contributed by atoms with E-state index >= 15 is 0 Å². The predicted molar refractivity (Wildman–Crippen MR) is 34.3 cm³/mol. The molecule has 0 unspecified atom stereocenters. The zero-order valence-electron chi connectivity index (χ0n) is 5.31. The van der Waals surface area contributed by atoms with Crippen molar-refractivity contribution in [1.82, 2.24) is 5.32 Å². The molecule has 0 aromatic carbocycles. The molecule has 1 radical (unpaired) electrons. The van der Waals surface area contributed by atoms with Crippen LogP contribution in [-0.2, 0) is 0 Å². The van der Waals surface area contributed by atoms with Crippen molar-refractivity contribution >= 4 is 0 Å². The lowest BCUT2D eigenvalue weighted by Crippen LogP contribution is -1.86. The summed E-state index contributed by atoms with van der Waals surface area (Å²) in [6.45, 7) is 4.18. The molecule has 1 nitrogen and oxygen atoms in total. The van der Waals surface area contributed by atoms with Gasteiger partial charge in [-0.3, -0.25) is 5.32 Å². The van der Waals surface area contributed by atoms with Gasteiger partial charge in [0.2, 0.25) is 0 Å². The Hall–Kier alpha value is -0.720. The summed E-state index contributed by atoms with van der Waals surface area (Å²) in [6.07, 6.45) is 5.02. The quantitative estimate of drug-likeness (QED) is 0.486. The van der Waals surface area contributed by atoms with Gasteiger partial charge in [0.1, 0.15) is 0 Å². The molecular formula is C7H10N. The largest absolute Gasteiger partial charge is 0.261 e. The SMILES string of the molecule is CCC1=C(C)[N]C=C1. The second-order valence-electron chi connectivity index (χ2n) is 1.91. The van der Waals surface area contributed by atoms with Gasteiger partial charge >= 0.3 is 0 Å². The number of rotatable bonds is 1. The van der Waals surface area contributed by atoms with Crippen LogP contribution in [-0.4, -0.2) is 0 Å². The van der Waals surface area contributed by atoms with E-state index in [2.05, 4.69) is 18.3 Å². The molecule has 1 aliphatic heterocycles. The normalized spacial score (nSPS) is 17.2. The third-order valence-electron chi connectivity index (χ3n) is 1.39. The first-order chi connectivity index (χ1) is 3.84. The van der Waals surface area contributed by atoms with Gasteiger partial charge in [-0.25, -0.2) is 0 Å². The van der Waals surface area contributed by atoms with E-state index in [0.29, 0.717) is 0 Å². The first-order valence-electron chi connectivity index (χ1n) is 2.91. The molecule has 0 N–H and O–H groups in total. The summed E-state index contributed by atoms with van der Waals surface area (Å²) in [5.74, 6) is 0. The van der Waals surface area contributed by atoms with Gasteiger partial charge in [-0.05, 0) is 25.0 Å². The molecule has 0 saturated carbocycles. The second-order valence-corrected chi connectivity index (χ2v) is 1.91. The second kappa shape index (κ2) is 2.03. The van der Waals surface area contributed by atoms with Gasteiger partial charge < -0.3 is 0 Å². The molecule has 1 aliphatic rings. The van der Waals surface area contributed by atoms with Crippen LogP contribution in [0.5, 0.6) is 0 Å². The van der Waals surface area contributed by atoms with Gasteiger partial charge in [0.15, 0.2) is 0 Å². The Balaban J connectivity index is 2.70. The highest BCUT2D eigenvalue weighted by atomic mass is 14.9. The van der Waals surface area contributed by atoms with Gasteiger partial charge in [0.25, 0.3) is 0 Å². The molecule has 8 heavy (non-hydrogen) atoms. The highest BCUT2D eigenvalue weighted by Gasteiger charge is 2.00. The highest BCUT2D eigenvalue weighted by Crippen LogP contribution is 2.13. The minimum absolute atomic E-state index is 1.10. The van der Waals surface area contributed by atoms with Crippen LogP contribution in [0.4, 0.5) is 0 Å². The minimum atomic E-state index is 1.10. The molecule has 0 atom stereocenters. The van der Waals surface area contributed by atoms with Gasteiger partial charge in [-0.2, -0.15) is 0 Å². The topological polar surface area (TPSA) is 14.1 Å². The molecule has 1 heterocycles. The predicted octanol–water partition coefficient (Wildman–Crippen LogP) is 1.80. The molecule has 0 aromatic heterocycles. The smallest absolute Gasteiger partial charge is 0.0405 e. The van der Waals surface area contributed by atoms with Crippen molar-refractivity contribution in [2.24, 2.45) is 0 Å². The summed E-state index contributed by atoms with van der Waals surface area (Å²) < 4.78 is 0. The lowest BCUT2D eigenvalue weighted by molar-refractivity contribution is 1.02. The Labute approximate surface area is 50.1 Å². The summed E-state index contributed by atoms with van der Waals surface area (Å²) in [6, 6.07) is 0. The maximum atomic E-state index is 4.09. The van der Waals surface area contributed by atoms with E-state index in [1.165, 1.54) is 11.3 Å². The Morgan fingerprint density at radius 1 is 1.62 bits per heavy atom. The molecule has 0 aliphatic carbocycles. The van der Waals surface area contributed by atoms with Crippen LogP contribution in [0, 0.1) is 0 Å². The van der Waals surface area contributed by atoms with E-state index in [1.807, 2.05) is 13.1 Å². The molecule has 43 valence electrons. The molecule has 0 fully saturated rings. The number of allylic oxidation sites excluding steroid dienone is 3. The van der Waals surface area contributed by atoms with Crippen molar-refractivity contribution in [3.05, 3.63) is 23.5 Å². The molecule has 0 bridgehead atoms. The zero-order chi connectivity index (χ0) is 5.98. The van der Waals surface area contributed by atoms with E-state index < -0.39 is 0 Å². The number of nitrogens with zero attached hydrogens (tertiary/aromatic N) is 1. The monoisotopic (exact) mass is 108 g/mol. The summed E-state index contributed by atoms with van der Waals surface area (Å²) in [7, 11) is 0. The molecule has 1 rings (SSSR count). The fourth-order valence-electron chi connectivity index (χ4n) is 0.816. The number of hydrogen-bond donors (Lipinski definition) is 0. The summed E-state index contributed by atoms with van der Waals surface area (Å²) >= 11 is 0. The first-order valence-corrected chi connectivity index (χ1v) is 2.91. The van der Waals surface area contributed by atoms with Crippen LogP contribution in [0.15, 0.2) is 23.5 Å². The Kier molecular flexibility index (Phi) is 1.38. The van der Waals surface area contributed by atoms with Crippen LogP contribution in [0.1, 0.15) is 20.3 Å². The van der Waals surface area contributed by atoms with Crippen molar-refractivity contribution in [1.29, 1.82) is 0 Å². The summed E-state index contributed by atoms with van der Waals surface area (Å²) in [5.41, 5.74) is 2.54. The van der Waals surface area contributed by atoms with E-state index in [-0.39, 0.29) is 0 Å². The van der Waals surface area contributed by atoms with Crippen LogP contribution >= 0.6 is 0 Å². The van der Waals surface area contributed by atoms with Crippen molar-refractivity contribution in [3.63, 3.8) is 0 Å². The summed E-state index contributed by atoms with van der Waals surface area (Å²) in [5, 5.41) is 4.09. The standard InChI is InChI=1S/C7H10N/c1-3-7-4-5-8-6(7)2/h4-5H,3H2,1-2H3. The van der Waals surface area contributed by atoms with E-state index in [9.17, 15) is 0 Å². The maximum absolute atomic E-state index is 4.09. The third kappa shape index (κ3) is 0.760. The average molecular weight is 108 g/mol. The minimum Gasteiger partial charge on any atom is -0.261 e. The van der Waals surface area contributed by atoms with E-state index in [0.717, 1.165) is 6.42 Å². The molecule has 0 amide bonds. The highest BCUT2D eigenvalue weighted by molar-refractivity contribution is 5.29. The Morgan fingerprint density at radius 2 is 2.38 bits per heavy atom. The number of hydrogen-bond acceptors (Lipinski definition) is 0. The fraction of sp³-hybridized carbons (Fsp3) is 0.429. The van der Waals surface area contributed by atoms with Crippen LogP contribution in [0.3, 0.4) is 0 Å². The molecule has 0 spiro atoms. The van der Waals surface area contributed by atoms with Crippen molar-refractivity contribution in [2.45, 2.75) is 20.3 Å². The van der Waals surface area contributed by atoms with E-state index in [4.69, 9.17) is 0 Å². The summed E-state index contributed by atoms with van der Waals surface area (Å²) in [4.78, 5) is 0. The van der Waals surface area contributed by atoms with Crippen molar-refractivity contribution in [2.75, 3.05) is 0 Å². The van der Waals surface area contributed by atoms with Crippen LogP contribution in [0.2, 0.25) is 0 Å². The van der Waals surface area contributed by atoms with Gasteiger partial charge in [-0.15, -0.1) is 0 Å². The zero-order valence-corrected chi connectivity index (χ0v) is 5.31. The van der Waals surface area contributed by atoms with Gasteiger partial charge in [0, 0.05) is 11.9 Å². The Bertz CT molecular complexity index is 142. The lowest BCUT2D eigenvalue weighted by Gasteiger charge is -1.92. The molecular weight excluding hydrogens is 98.1 g/mol. The third-order valence-corrected chi connectivity index (χ3v) is 1.39. The molecule has 0 aromatic rings.